The van der Waals surface area contributed by atoms with Gasteiger partial charge in [-0.25, -0.2) is 0 Å². The Hall–Kier alpha value is -2.54. The van der Waals surface area contributed by atoms with Gasteiger partial charge in [0.05, 0.1) is 18.5 Å². The number of hydrogen-bond acceptors (Lipinski definition) is 5. The van der Waals surface area contributed by atoms with Crippen LogP contribution in [0.4, 0.5) is 0 Å². The summed E-state index contributed by atoms with van der Waals surface area (Å²) in [5.41, 5.74) is -0.721. The van der Waals surface area contributed by atoms with Gasteiger partial charge in [0.1, 0.15) is 23.0 Å². The smallest absolute Gasteiger partial charge is 0.230 e. The zero-order chi connectivity index (χ0) is 20.3. The maximum absolute atomic E-state index is 13.3. The summed E-state index contributed by atoms with van der Waals surface area (Å²) in [5, 5.41) is 3.25. The van der Waals surface area contributed by atoms with Gasteiger partial charge < -0.3 is 24.0 Å². The van der Waals surface area contributed by atoms with Crippen LogP contribution in [0.3, 0.4) is 0 Å². The van der Waals surface area contributed by atoms with Gasteiger partial charge in [-0.3, -0.25) is 9.59 Å². The number of hydrogen-bond donors (Lipinski definition) is 1. The second-order valence-corrected chi connectivity index (χ2v) is 7.82. The first-order valence-electron chi connectivity index (χ1n) is 9.60. The molecule has 1 atom stereocenters. The Morgan fingerprint density at radius 2 is 1.57 bits per heavy atom. The van der Waals surface area contributed by atoms with Crippen LogP contribution in [0.2, 0.25) is 0 Å². The number of furan rings is 2. The molecule has 0 spiro atoms. The summed E-state index contributed by atoms with van der Waals surface area (Å²) in [6.45, 7) is 5.78. The molecule has 152 valence electrons. The highest BCUT2D eigenvalue weighted by Crippen LogP contribution is 2.33. The molecule has 3 heterocycles. The Balaban J connectivity index is 1.66. The molecular weight excluding hydrogens is 358 g/mol. The van der Waals surface area contributed by atoms with E-state index in [0.29, 0.717) is 26.1 Å². The molecule has 0 bridgehead atoms. The first kappa shape index (κ1) is 20.2. The Kier molecular flexibility index (Phi) is 5.93. The molecule has 0 radical (unpaired) electrons. The molecule has 1 unspecified atom stereocenters. The van der Waals surface area contributed by atoms with Crippen molar-refractivity contribution in [2.45, 2.75) is 39.8 Å². The fraction of sp³-hybridized carbons (Fsp3) is 0.524. The number of carbonyl (C=O) groups excluding carboxylic acids is 2. The van der Waals surface area contributed by atoms with Crippen LogP contribution < -0.4 is 5.32 Å². The minimum atomic E-state index is -0.721. The van der Waals surface area contributed by atoms with E-state index in [2.05, 4.69) is 5.32 Å². The summed E-state index contributed by atoms with van der Waals surface area (Å²) >= 11 is 0. The van der Waals surface area contributed by atoms with Gasteiger partial charge in [0, 0.05) is 27.1 Å². The standard InChI is InChI=1S/C21H29N3O4/c1-15-5-7-17(27-15)12-23(3)19(25)11-21(9-10-22-14-21)20(26)24(4)13-18-8-6-16(2)28-18/h5-8,22H,9-14H2,1-4H3. The van der Waals surface area contributed by atoms with Gasteiger partial charge >= 0.3 is 0 Å². The number of carbonyl (C=O) groups is 2. The van der Waals surface area contributed by atoms with Crippen LogP contribution >= 0.6 is 0 Å². The van der Waals surface area contributed by atoms with Gasteiger partial charge in [-0.1, -0.05) is 0 Å². The largest absolute Gasteiger partial charge is 0.464 e. The van der Waals surface area contributed by atoms with Crippen LogP contribution in [0.15, 0.2) is 33.1 Å². The van der Waals surface area contributed by atoms with Gasteiger partial charge in [-0.05, 0) is 51.1 Å². The van der Waals surface area contributed by atoms with E-state index in [0.717, 1.165) is 29.6 Å². The lowest BCUT2D eigenvalue weighted by atomic mass is 9.81. The van der Waals surface area contributed by atoms with E-state index in [9.17, 15) is 9.59 Å². The summed E-state index contributed by atoms with van der Waals surface area (Å²) in [4.78, 5) is 29.4. The molecule has 1 N–H and O–H groups in total. The quantitative estimate of drug-likeness (QED) is 0.790. The fourth-order valence-electron chi connectivity index (χ4n) is 3.75. The maximum atomic E-state index is 13.3. The molecule has 0 saturated carbocycles. The van der Waals surface area contributed by atoms with E-state index in [4.69, 9.17) is 8.83 Å². The van der Waals surface area contributed by atoms with Crippen molar-refractivity contribution in [1.82, 2.24) is 15.1 Å². The van der Waals surface area contributed by atoms with E-state index >= 15 is 0 Å². The van der Waals surface area contributed by atoms with Crippen LogP contribution in [0.1, 0.15) is 35.9 Å². The molecule has 1 aliphatic heterocycles. The van der Waals surface area contributed by atoms with Crippen LogP contribution in [0, 0.1) is 19.3 Å². The SMILES string of the molecule is Cc1ccc(CN(C)C(=O)CC2(C(=O)N(C)Cc3ccc(C)o3)CCNC2)o1. The van der Waals surface area contributed by atoms with Crippen LogP contribution in [0.5, 0.6) is 0 Å². The first-order valence-corrected chi connectivity index (χ1v) is 9.60. The third-order valence-electron chi connectivity index (χ3n) is 5.34. The third kappa shape index (κ3) is 4.47. The average molecular weight is 387 g/mol. The van der Waals surface area contributed by atoms with Crippen molar-refractivity contribution in [3.63, 3.8) is 0 Å². The molecule has 1 fully saturated rings. The predicted octanol–water partition coefficient (Wildman–Crippen LogP) is 2.48. The third-order valence-corrected chi connectivity index (χ3v) is 5.34. The van der Waals surface area contributed by atoms with Gasteiger partial charge in [-0.15, -0.1) is 0 Å². The van der Waals surface area contributed by atoms with Crippen molar-refractivity contribution in [2.24, 2.45) is 5.41 Å². The molecule has 1 aliphatic rings. The number of nitrogens with one attached hydrogen (secondary N) is 1. The molecule has 0 aliphatic carbocycles. The van der Waals surface area contributed by atoms with Crippen molar-refractivity contribution in [3.05, 3.63) is 47.3 Å². The zero-order valence-electron chi connectivity index (χ0n) is 17.1. The zero-order valence-corrected chi connectivity index (χ0v) is 17.1. The fourth-order valence-corrected chi connectivity index (χ4v) is 3.75. The van der Waals surface area contributed by atoms with Gasteiger partial charge in [0.15, 0.2) is 0 Å². The van der Waals surface area contributed by atoms with E-state index in [1.54, 1.807) is 23.9 Å². The van der Waals surface area contributed by atoms with Crippen molar-refractivity contribution in [1.29, 1.82) is 0 Å². The number of nitrogens with zero attached hydrogens (tertiary/aromatic N) is 2. The van der Waals surface area contributed by atoms with Crippen molar-refractivity contribution < 1.29 is 18.4 Å². The lowest BCUT2D eigenvalue weighted by Gasteiger charge is -2.32. The lowest BCUT2D eigenvalue weighted by Crippen LogP contribution is -2.46. The van der Waals surface area contributed by atoms with Crippen molar-refractivity contribution >= 4 is 11.8 Å². The summed E-state index contributed by atoms with van der Waals surface area (Å²) < 4.78 is 11.2. The summed E-state index contributed by atoms with van der Waals surface area (Å²) in [6.07, 6.45) is 0.823. The minimum Gasteiger partial charge on any atom is -0.464 e. The van der Waals surface area contributed by atoms with Crippen LogP contribution in [-0.4, -0.2) is 48.8 Å². The molecule has 1 saturated heterocycles. The molecule has 28 heavy (non-hydrogen) atoms. The number of aryl methyl sites for hydroxylation is 2. The molecular formula is C21H29N3O4. The summed E-state index contributed by atoms with van der Waals surface area (Å²) in [6, 6.07) is 7.51. The lowest BCUT2D eigenvalue weighted by molar-refractivity contribution is -0.146. The second-order valence-electron chi connectivity index (χ2n) is 7.82. The monoisotopic (exact) mass is 387 g/mol. The highest BCUT2D eigenvalue weighted by Gasteiger charge is 2.45. The van der Waals surface area contributed by atoms with E-state index < -0.39 is 5.41 Å². The van der Waals surface area contributed by atoms with Gasteiger partial charge in [0.2, 0.25) is 11.8 Å². The van der Waals surface area contributed by atoms with Gasteiger partial charge in [0.25, 0.3) is 0 Å². The van der Waals surface area contributed by atoms with Crippen LogP contribution in [-0.2, 0) is 22.7 Å². The molecule has 0 aromatic carbocycles. The molecule has 3 rings (SSSR count). The van der Waals surface area contributed by atoms with E-state index in [1.807, 2.05) is 38.1 Å². The highest BCUT2D eigenvalue weighted by molar-refractivity contribution is 5.89. The molecule has 2 aromatic heterocycles. The van der Waals surface area contributed by atoms with Crippen LogP contribution in [0.25, 0.3) is 0 Å². The molecule has 2 amide bonds. The Bertz CT molecular complexity index is 832. The van der Waals surface area contributed by atoms with Crippen molar-refractivity contribution in [2.75, 3.05) is 27.2 Å². The van der Waals surface area contributed by atoms with Crippen molar-refractivity contribution in [3.8, 4) is 0 Å². The molecule has 7 nitrogen and oxygen atoms in total. The number of amides is 2. The minimum absolute atomic E-state index is 0.0258. The van der Waals surface area contributed by atoms with E-state index in [1.165, 1.54) is 0 Å². The Morgan fingerprint density at radius 1 is 1.00 bits per heavy atom. The first-order chi connectivity index (χ1) is 13.3. The predicted molar refractivity (Wildman–Crippen MR) is 104 cm³/mol. The normalized spacial score (nSPS) is 19.0. The van der Waals surface area contributed by atoms with Gasteiger partial charge in [-0.2, -0.15) is 0 Å². The maximum Gasteiger partial charge on any atom is 0.230 e. The summed E-state index contributed by atoms with van der Waals surface area (Å²) in [5.74, 6) is 3.03. The Labute approximate surface area is 165 Å². The summed E-state index contributed by atoms with van der Waals surface area (Å²) in [7, 11) is 3.51. The Morgan fingerprint density at radius 3 is 2.04 bits per heavy atom. The second kappa shape index (κ2) is 8.22. The molecule has 2 aromatic rings. The number of rotatable bonds is 7. The molecule has 7 heteroatoms. The highest BCUT2D eigenvalue weighted by atomic mass is 16.3. The average Bonchev–Trinajstić information content (AvgIpc) is 3.37. The van der Waals surface area contributed by atoms with E-state index in [-0.39, 0.29) is 18.2 Å². The topological polar surface area (TPSA) is 78.9 Å².